The van der Waals surface area contributed by atoms with E-state index < -0.39 is 10.2 Å². The molecular weight excluding hydrogens is 322 g/mol. The lowest BCUT2D eigenvalue weighted by Gasteiger charge is -2.39. The number of aromatic nitrogens is 2. The minimum absolute atomic E-state index is 0.0906. The van der Waals surface area contributed by atoms with Crippen LogP contribution in [0.2, 0.25) is 0 Å². The molecule has 1 saturated heterocycles. The number of nitrogens with zero attached hydrogens (tertiary/aromatic N) is 4. The zero-order valence-electron chi connectivity index (χ0n) is 12.1. The molecule has 1 N–H and O–H groups in total. The average Bonchev–Trinajstić information content (AvgIpc) is 2.97. The fourth-order valence-corrected chi connectivity index (χ4v) is 3.89. The third kappa shape index (κ3) is 3.43. The van der Waals surface area contributed by atoms with Crippen molar-refractivity contribution in [2.45, 2.75) is 12.6 Å². The molecule has 1 aliphatic rings. The summed E-state index contributed by atoms with van der Waals surface area (Å²) in [5, 5.41) is 8.57. The van der Waals surface area contributed by atoms with Crippen LogP contribution in [0.25, 0.3) is 0 Å². The third-order valence-electron chi connectivity index (χ3n) is 3.47. The summed E-state index contributed by atoms with van der Waals surface area (Å²) >= 11 is 1.45. The van der Waals surface area contributed by atoms with Crippen molar-refractivity contribution in [3.63, 3.8) is 0 Å². The molecule has 0 atom stereocenters. The quantitative estimate of drug-likeness (QED) is 0.838. The first-order valence-corrected chi connectivity index (χ1v) is 9.15. The van der Waals surface area contributed by atoms with Gasteiger partial charge in [-0.05, 0) is 5.56 Å². The van der Waals surface area contributed by atoms with E-state index in [4.69, 9.17) is 0 Å². The first-order valence-electron chi connectivity index (χ1n) is 6.83. The van der Waals surface area contributed by atoms with Crippen LogP contribution in [-0.2, 0) is 16.8 Å². The van der Waals surface area contributed by atoms with E-state index >= 15 is 0 Å². The van der Waals surface area contributed by atoms with Gasteiger partial charge in [-0.25, -0.2) is 0 Å². The average molecular weight is 339 g/mol. The minimum atomic E-state index is -3.49. The number of nitrogens with one attached hydrogen (secondary N) is 1. The van der Waals surface area contributed by atoms with E-state index in [1.54, 1.807) is 12.6 Å². The van der Waals surface area contributed by atoms with Gasteiger partial charge in [-0.15, -0.1) is 10.2 Å². The molecule has 9 heteroatoms. The van der Waals surface area contributed by atoms with Crippen molar-refractivity contribution in [1.29, 1.82) is 0 Å². The van der Waals surface area contributed by atoms with Crippen LogP contribution in [0.15, 0.2) is 35.8 Å². The fraction of sp³-hybridized carbons (Fsp3) is 0.385. The second-order valence-electron chi connectivity index (χ2n) is 5.19. The van der Waals surface area contributed by atoms with Crippen molar-refractivity contribution >= 4 is 26.7 Å². The van der Waals surface area contributed by atoms with Gasteiger partial charge < -0.3 is 4.90 Å². The maximum Gasteiger partial charge on any atom is 0.279 e. The van der Waals surface area contributed by atoms with Crippen LogP contribution >= 0.6 is 11.3 Å². The maximum atomic E-state index is 12.3. The van der Waals surface area contributed by atoms with Crippen LogP contribution in [0, 0.1) is 0 Å². The van der Waals surface area contributed by atoms with E-state index in [2.05, 4.69) is 14.9 Å². The molecule has 3 rings (SSSR count). The van der Waals surface area contributed by atoms with E-state index in [0.29, 0.717) is 19.6 Å². The molecule has 118 valence electrons. The van der Waals surface area contributed by atoms with Crippen molar-refractivity contribution in [3.05, 3.63) is 41.4 Å². The number of hydrogen-bond acceptors (Lipinski definition) is 6. The standard InChI is InChI=1S/C13H17N5O2S2/c1-17(7-11-5-3-2-4-6-11)22(19,20)16-12-8-18(9-12)13-15-14-10-21-13/h2-6,10,12,16H,7-9H2,1H3. The van der Waals surface area contributed by atoms with E-state index in [-0.39, 0.29) is 6.04 Å². The molecule has 1 aliphatic heterocycles. The molecule has 0 amide bonds. The largest absolute Gasteiger partial charge is 0.343 e. The lowest BCUT2D eigenvalue weighted by atomic mass is 10.1. The molecule has 1 aromatic carbocycles. The molecule has 7 nitrogen and oxygen atoms in total. The molecule has 2 aromatic rings. The molecule has 22 heavy (non-hydrogen) atoms. The lowest BCUT2D eigenvalue weighted by molar-refractivity contribution is 0.418. The van der Waals surface area contributed by atoms with Crippen molar-refractivity contribution in [3.8, 4) is 0 Å². The third-order valence-corrected chi connectivity index (χ3v) is 5.81. The van der Waals surface area contributed by atoms with Crippen molar-refractivity contribution in [2.24, 2.45) is 0 Å². The Balaban J connectivity index is 1.53. The van der Waals surface area contributed by atoms with Crippen molar-refractivity contribution in [1.82, 2.24) is 19.2 Å². The molecule has 0 saturated carbocycles. The van der Waals surface area contributed by atoms with Gasteiger partial charge in [-0.2, -0.15) is 17.4 Å². The second-order valence-corrected chi connectivity index (χ2v) is 7.81. The Labute approximate surface area is 133 Å². The molecule has 1 fully saturated rings. The summed E-state index contributed by atoms with van der Waals surface area (Å²) in [6.45, 7) is 1.59. The molecule has 0 unspecified atom stereocenters. The van der Waals surface area contributed by atoms with Gasteiger partial charge in [0.25, 0.3) is 10.2 Å². The molecular formula is C13H17N5O2S2. The van der Waals surface area contributed by atoms with Gasteiger partial charge in [-0.1, -0.05) is 41.7 Å². The summed E-state index contributed by atoms with van der Waals surface area (Å²) in [5.41, 5.74) is 2.62. The maximum absolute atomic E-state index is 12.3. The van der Waals surface area contributed by atoms with Gasteiger partial charge in [-0.3, -0.25) is 0 Å². The Morgan fingerprint density at radius 3 is 2.73 bits per heavy atom. The molecule has 0 bridgehead atoms. The van der Waals surface area contributed by atoms with Crippen molar-refractivity contribution in [2.75, 3.05) is 25.0 Å². The summed E-state index contributed by atoms with van der Waals surface area (Å²) in [6, 6.07) is 9.43. The summed E-state index contributed by atoms with van der Waals surface area (Å²) in [5.74, 6) is 0. The topological polar surface area (TPSA) is 78.4 Å². The Bertz CT molecular complexity index is 699. The Hall–Kier alpha value is -1.55. The highest BCUT2D eigenvalue weighted by Gasteiger charge is 2.33. The summed E-state index contributed by atoms with van der Waals surface area (Å²) in [4.78, 5) is 2.00. The zero-order chi connectivity index (χ0) is 15.6. The summed E-state index contributed by atoms with van der Waals surface area (Å²) < 4.78 is 28.7. The molecule has 0 spiro atoms. The van der Waals surface area contributed by atoms with Crippen molar-refractivity contribution < 1.29 is 8.42 Å². The van der Waals surface area contributed by atoms with Crippen LogP contribution in [0.5, 0.6) is 0 Å². The van der Waals surface area contributed by atoms with Crippen LogP contribution in [0.1, 0.15) is 5.56 Å². The van der Waals surface area contributed by atoms with E-state index in [1.165, 1.54) is 15.6 Å². The predicted molar refractivity (Wildman–Crippen MR) is 85.9 cm³/mol. The highest BCUT2D eigenvalue weighted by atomic mass is 32.2. The summed E-state index contributed by atoms with van der Waals surface area (Å²) in [6.07, 6.45) is 0. The van der Waals surface area contributed by atoms with Gasteiger partial charge in [0.15, 0.2) is 0 Å². The lowest BCUT2D eigenvalue weighted by Crippen LogP contribution is -2.61. The molecule has 0 radical (unpaired) electrons. The van der Waals surface area contributed by atoms with E-state index in [9.17, 15) is 8.42 Å². The Morgan fingerprint density at radius 2 is 2.09 bits per heavy atom. The molecule has 0 aliphatic carbocycles. The van der Waals surface area contributed by atoms with Crippen LogP contribution in [0.4, 0.5) is 5.13 Å². The smallest absolute Gasteiger partial charge is 0.279 e. The van der Waals surface area contributed by atoms with Gasteiger partial charge in [0.2, 0.25) is 5.13 Å². The first-order chi connectivity index (χ1) is 10.5. The highest BCUT2D eigenvalue weighted by Crippen LogP contribution is 2.22. The van der Waals surface area contributed by atoms with Gasteiger partial charge in [0.1, 0.15) is 5.51 Å². The van der Waals surface area contributed by atoms with E-state index in [1.807, 2.05) is 35.2 Å². The molecule has 1 aromatic heterocycles. The monoisotopic (exact) mass is 339 g/mol. The van der Waals surface area contributed by atoms with Crippen LogP contribution in [-0.4, -0.2) is 49.1 Å². The fourth-order valence-electron chi connectivity index (χ4n) is 2.24. The van der Waals surface area contributed by atoms with E-state index in [0.717, 1.165) is 10.7 Å². The second kappa shape index (κ2) is 6.29. The van der Waals surface area contributed by atoms with Crippen LogP contribution in [0.3, 0.4) is 0 Å². The predicted octanol–water partition coefficient (Wildman–Crippen LogP) is 0.693. The normalized spacial score (nSPS) is 16.0. The summed E-state index contributed by atoms with van der Waals surface area (Å²) in [7, 11) is -1.91. The Kier molecular flexibility index (Phi) is 4.39. The number of anilines is 1. The molecule has 2 heterocycles. The number of rotatable bonds is 6. The zero-order valence-corrected chi connectivity index (χ0v) is 13.7. The number of hydrogen-bond donors (Lipinski definition) is 1. The highest BCUT2D eigenvalue weighted by molar-refractivity contribution is 7.87. The van der Waals surface area contributed by atoms with Gasteiger partial charge in [0, 0.05) is 26.7 Å². The van der Waals surface area contributed by atoms with Crippen LogP contribution < -0.4 is 9.62 Å². The van der Waals surface area contributed by atoms with Gasteiger partial charge >= 0.3 is 0 Å². The first kappa shape index (κ1) is 15.3. The van der Waals surface area contributed by atoms with Gasteiger partial charge in [0.05, 0.1) is 6.04 Å². The Morgan fingerprint density at radius 1 is 1.36 bits per heavy atom. The minimum Gasteiger partial charge on any atom is -0.343 e. The SMILES string of the molecule is CN(Cc1ccccc1)S(=O)(=O)NC1CN(c2nncs2)C1. The number of benzene rings is 1.